The summed E-state index contributed by atoms with van der Waals surface area (Å²) in [6.45, 7) is 7.08. The predicted octanol–water partition coefficient (Wildman–Crippen LogP) is 3.16. The van der Waals surface area contributed by atoms with Crippen molar-refractivity contribution in [1.29, 1.82) is 0 Å². The number of hydrogen-bond donors (Lipinski definition) is 2. The molecular weight excluding hydrogens is 224 g/mol. The van der Waals surface area contributed by atoms with Crippen LogP contribution in [-0.4, -0.2) is 22.6 Å². The normalized spacial score (nSPS) is 12.2. The van der Waals surface area contributed by atoms with Crippen LogP contribution in [0.15, 0.2) is 6.20 Å². The molecule has 4 nitrogen and oxygen atoms in total. The first kappa shape index (κ1) is 13.0. The molecule has 0 saturated heterocycles. The molecule has 0 aliphatic heterocycles. The van der Waals surface area contributed by atoms with Crippen LogP contribution >= 0.6 is 11.6 Å². The largest absolute Gasteiger partial charge is 0.366 e. The van der Waals surface area contributed by atoms with Gasteiger partial charge in [0.25, 0.3) is 0 Å². The molecule has 90 valence electrons. The van der Waals surface area contributed by atoms with E-state index in [9.17, 15) is 0 Å². The Balaban J connectivity index is 2.73. The van der Waals surface area contributed by atoms with Crippen LogP contribution in [-0.2, 0) is 0 Å². The second-order valence-electron chi connectivity index (χ2n) is 3.75. The minimum atomic E-state index is 0.367. The van der Waals surface area contributed by atoms with E-state index in [4.69, 9.17) is 11.6 Å². The van der Waals surface area contributed by atoms with Gasteiger partial charge in [-0.1, -0.05) is 24.9 Å². The van der Waals surface area contributed by atoms with Gasteiger partial charge in [0.15, 0.2) is 5.82 Å². The third-order valence-corrected chi connectivity index (χ3v) is 2.46. The van der Waals surface area contributed by atoms with Crippen molar-refractivity contribution in [2.24, 2.45) is 0 Å². The van der Waals surface area contributed by atoms with E-state index in [1.807, 2.05) is 6.92 Å². The molecule has 0 amide bonds. The van der Waals surface area contributed by atoms with Crippen molar-refractivity contribution in [1.82, 2.24) is 9.97 Å². The molecule has 0 aromatic carbocycles. The summed E-state index contributed by atoms with van der Waals surface area (Å²) in [7, 11) is 0. The third-order valence-electron chi connectivity index (χ3n) is 2.18. The Morgan fingerprint density at radius 2 is 2.19 bits per heavy atom. The summed E-state index contributed by atoms with van der Waals surface area (Å²) < 4.78 is 0. The SMILES string of the molecule is CCCC(C)Nc1nc(NCC)ncc1Cl. The van der Waals surface area contributed by atoms with Crippen LogP contribution in [0, 0.1) is 0 Å². The van der Waals surface area contributed by atoms with Gasteiger partial charge < -0.3 is 10.6 Å². The Morgan fingerprint density at radius 3 is 2.81 bits per heavy atom. The lowest BCUT2D eigenvalue weighted by molar-refractivity contribution is 0.687. The van der Waals surface area contributed by atoms with Crippen molar-refractivity contribution in [3.63, 3.8) is 0 Å². The summed E-state index contributed by atoms with van der Waals surface area (Å²) in [5, 5.41) is 6.91. The van der Waals surface area contributed by atoms with Crippen LogP contribution in [0.25, 0.3) is 0 Å². The maximum Gasteiger partial charge on any atom is 0.224 e. The van der Waals surface area contributed by atoms with E-state index in [1.165, 1.54) is 0 Å². The van der Waals surface area contributed by atoms with Gasteiger partial charge in [-0.2, -0.15) is 4.98 Å². The summed E-state index contributed by atoms with van der Waals surface area (Å²) in [5.41, 5.74) is 0. The summed E-state index contributed by atoms with van der Waals surface area (Å²) in [6.07, 6.45) is 3.85. The Morgan fingerprint density at radius 1 is 1.44 bits per heavy atom. The van der Waals surface area contributed by atoms with Gasteiger partial charge in [-0.25, -0.2) is 4.98 Å². The maximum atomic E-state index is 6.03. The molecule has 0 bridgehead atoms. The van der Waals surface area contributed by atoms with Crippen molar-refractivity contribution in [3.05, 3.63) is 11.2 Å². The van der Waals surface area contributed by atoms with Gasteiger partial charge in [0.05, 0.1) is 6.20 Å². The van der Waals surface area contributed by atoms with Crippen molar-refractivity contribution in [2.75, 3.05) is 17.2 Å². The number of rotatable bonds is 6. The lowest BCUT2D eigenvalue weighted by atomic mass is 10.2. The molecule has 0 spiro atoms. The highest BCUT2D eigenvalue weighted by atomic mass is 35.5. The highest BCUT2D eigenvalue weighted by Crippen LogP contribution is 2.20. The van der Waals surface area contributed by atoms with Crippen LogP contribution < -0.4 is 10.6 Å². The monoisotopic (exact) mass is 242 g/mol. The number of halogens is 1. The Bertz CT molecular complexity index is 330. The second-order valence-corrected chi connectivity index (χ2v) is 4.16. The topological polar surface area (TPSA) is 49.8 Å². The van der Waals surface area contributed by atoms with Crippen molar-refractivity contribution in [2.45, 2.75) is 39.7 Å². The lowest BCUT2D eigenvalue weighted by Crippen LogP contribution is -2.16. The van der Waals surface area contributed by atoms with Crippen molar-refractivity contribution < 1.29 is 0 Å². The highest BCUT2D eigenvalue weighted by molar-refractivity contribution is 6.32. The molecule has 2 N–H and O–H groups in total. The van der Waals surface area contributed by atoms with Crippen LogP contribution in [0.1, 0.15) is 33.6 Å². The standard InChI is InChI=1S/C11H19ClN4/c1-4-6-8(3)15-10-9(12)7-14-11(16-10)13-5-2/h7-8H,4-6H2,1-3H3,(H2,13,14,15,16). The summed E-state index contributed by atoms with van der Waals surface area (Å²) in [4.78, 5) is 8.41. The average Bonchev–Trinajstić information content (AvgIpc) is 2.24. The fourth-order valence-corrected chi connectivity index (χ4v) is 1.60. The average molecular weight is 243 g/mol. The first-order valence-corrected chi connectivity index (χ1v) is 6.08. The first-order chi connectivity index (χ1) is 7.67. The number of anilines is 2. The summed E-state index contributed by atoms with van der Waals surface area (Å²) in [5.74, 6) is 1.31. The molecule has 1 unspecified atom stereocenters. The number of aromatic nitrogens is 2. The van der Waals surface area contributed by atoms with Gasteiger partial charge in [-0.05, 0) is 20.3 Å². The van der Waals surface area contributed by atoms with Crippen molar-refractivity contribution >= 4 is 23.4 Å². The lowest BCUT2D eigenvalue weighted by Gasteiger charge is -2.15. The number of hydrogen-bond acceptors (Lipinski definition) is 4. The van der Waals surface area contributed by atoms with E-state index in [1.54, 1.807) is 6.20 Å². The minimum absolute atomic E-state index is 0.367. The van der Waals surface area contributed by atoms with Crippen LogP contribution in [0.3, 0.4) is 0 Å². The van der Waals surface area contributed by atoms with Gasteiger partial charge in [0.1, 0.15) is 5.02 Å². The summed E-state index contributed by atoms with van der Waals surface area (Å²) >= 11 is 6.03. The Labute approximate surface area is 102 Å². The van der Waals surface area contributed by atoms with E-state index in [0.29, 0.717) is 22.8 Å². The molecule has 1 aromatic heterocycles. The quantitative estimate of drug-likeness (QED) is 0.805. The molecule has 16 heavy (non-hydrogen) atoms. The molecular formula is C11H19ClN4. The maximum absolute atomic E-state index is 6.03. The van der Waals surface area contributed by atoms with E-state index in [2.05, 4.69) is 34.4 Å². The number of nitrogens with one attached hydrogen (secondary N) is 2. The van der Waals surface area contributed by atoms with Crippen LogP contribution in [0.4, 0.5) is 11.8 Å². The van der Waals surface area contributed by atoms with Gasteiger partial charge in [0, 0.05) is 12.6 Å². The molecule has 0 fully saturated rings. The van der Waals surface area contributed by atoms with Gasteiger partial charge >= 0.3 is 0 Å². The van der Waals surface area contributed by atoms with Crippen LogP contribution in [0.5, 0.6) is 0 Å². The minimum Gasteiger partial charge on any atom is -0.366 e. The van der Waals surface area contributed by atoms with E-state index >= 15 is 0 Å². The fourth-order valence-electron chi connectivity index (χ4n) is 1.45. The third kappa shape index (κ3) is 3.85. The first-order valence-electron chi connectivity index (χ1n) is 5.70. The van der Waals surface area contributed by atoms with Gasteiger partial charge in [0.2, 0.25) is 5.95 Å². The fraction of sp³-hybridized carbons (Fsp3) is 0.636. The predicted molar refractivity (Wildman–Crippen MR) is 69.2 cm³/mol. The zero-order valence-corrected chi connectivity index (χ0v) is 10.8. The molecule has 0 saturated carbocycles. The Kier molecular flexibility index (Phi) is 5.32. The smallest absolute Gasteiger partial charge is 0.224 e. The second kappa shape index (κ2) is 6.53. The van der Waals surface area contributed by atoms with E-state index < -0.39 is 0 Å². The Hall–Kier alpha value is -1.03. The molecule has 0 aliphatic rings. The van der Waals surface area contributed by atoms with Gasteiger partial charge in [-0.15, -0.1) is 0 Å². The van der Waals surface area contributed by atoms with Crippen LogP contribution in [0.2, 0.25) is 5.02 Å². The zero-order chi connectivity index (χ0) is 12.0. The highest BCUT2D eigenvalue weighted by Gasteiger charge is 2.07. The van der Waals surface area contributed by atoms with Crippen molar-refractivity contribution in [3.8, 4) is 0 Å². The molecule has 5 heteroatoms. The summed E-state index contributed by atoms with van der Waals surface area (Å²) in [6, 6.07) is 0.367. The number of nitrogens with zero attached hydrogens (tertiary/aromatic N) is 2. The molecule has 1 rings (SSSR count). The molecule has 0 aliphatic carbocycles. The van der Waals surface area contributed by atoms with E-state index in [0.717, 1.165) is 19.4 Å². The van der Waals surface area contributed by atoms with Gasteiger partial charge in [-0.3, -0.25) is 0 Å². The zero-order valence-electron chi connectivity index (χ0n) is 10.0. The molecule has 1 atom stereocenters. The molecule has 1 aromatic rings. The molecule has 0 radical (unpaired) electrons. The van der Waals surface area contributed by atoms with E-state index in [-0.39, 0.29) is 0 Å². The molecule has 1 heterocycles.